The third kappa shape index (κ3) is 4.02. The second kappa shape index (κ2) is 6.79. The van der Waals surface area contributed by atoms with E-state index in [1.54, 1.807) is 7.11 Å². The molecule has 0 saturated heterocycles. The molecule has 0 amide bonds. The van der Waals surface area contributed by atoms with Gasteiger partial charge in [0.25, 0.3) is 0 Å². The van der Waals surface area contributed by atoms with Gasteiger partial charge in [-0.25, -0.2) is 0 Å². The van der Waals surface area contributed by atoms with Crippen molar-refractivity contribution in [1.29, 1.82) is 0 Å². The Balaban J connectivity index is 1.96. The molecule has 0 spiro atoms. The van der Waals surface area contributed by atoms with Crippen LogP contribution in [0.5, 0.6) is 5.75 Å². The highest BCUT2D eigenvalue weighted by atomic mass is 16.5. The zero-order chi connectivity index (χ0) is 12.8. The number of ether oxygens (including phenoxy) is 1. The molecule has 1 aromatic carbocycles. The molecule has 1 fully saturated rings. The summed E-state index contributed by atoms with van der Waals surface area (Å²) in [6, 6.07) is 8.99. The molecule has 1 aliphatic carbocycles. The first-order chi connectivity index (χ1) is 8.83. The SMILES string of the molecule is CCCNC(Cc1ccccc1OC)CC1CC1. The fourth-order valence-corrected chi connectivity index (χ4v) is 2.48. The Labute approximate surface area is 111 Å². The van der Waals surface area contributed by atoms with Gasteiger partial charge in [0.05, 0.1) is 7.11 Å². The van der Waals surface area contributed by atoms with E-state index < -0.39 is 0 Å². The minimum Gasteiger partial charge on any atom is -0.496 e. The van der Waals surface area contributed by atoms with Crippen LogP contribution in [0.2, 0.25) is 0 Å². The summed E-state index contributed by atoms with van der Waals surface area (Å²) in [5.41, 5.74) is 1.33. The van der Waals surface area contributed by atoms with Crippen molar-refractivity contribution in [1.82, 2.24) is 5.32 Å². The van der Waals surface area contributed by atoms with Crippen molar-refractivity contribution < 1.29 is 4.74 Å². The summed E-state index contributed by atoms with van der Waals surface area (Å²) in [6.45, 7) is 3.34. The molecule has 1 unspecified atom stereocenters. The Hall–Kier alpha value is -1.02. The Morgan fingerprint density at radius 1 is 1.33 bits per heavy atom. The molecule has 2 rings (SSSR count). The number of methoxy groups -OCH3 is 1. The molecule has 100 valence electrons. The number of nitrogens with one attached hydrogen (secondary N) is 1. The van der Waals surface area contributed by atoms with Gasteiger partial charge in [-0.15, -0.1) is 0 Å². The van der Waals surface area contributed by atoms with Crippen molar-refractivity contribution in [3.63, 3.8) is 0 Å². The third-order valence-corrected chi connectivity index (χ3v) is 3.66. The highest BCUT2D eigenvalue weighted by Gasteiger charge is 2.25. The van der Waals surface area contributed by atoms with E-state index in [0.717, 1.165) is 24.6 Å². The van der Waals surface area contributed by atoms with Crippen molar-refractivity contribution in [3.05, 3.63) is 29.8 Å². The monoisotopic (exact) mass is 247 g/mol. The first-order valence-electron chi connectivity index (χ1n) is 7.18. The van der Waals surface area contributed by atoms with E-state index in [0.29, 0.717) is 6.04 Å². The van der Waals surface area contributed by atoms with Crippen LogP contribution in [-0.4, -0.2) is 19.7 Å². The van der Waals surface area contributed by atoms with Crippen molar-refractivity contribution in [2.45, 2.75) is 45.1 Å². The highest BCUT2D eigenvalue weighted by Crippen LogP contribution is 2.34. The molecule has 0 aliphatic heterocycles. The molecular weight excluding hydrogens is 222 g/mol. The molecule has 0 bridgehead atoms. The summed E-state index contributed by atoms with van der Waals surface area (Å²) in [4.78, 5) is 0. The molecule has 1 N–H and O–H groups in total. The van der Waals surface area contributed by atoms with Gasteiger partial charge < -0.3 is 10.1 Å². The quantitative estimate of drug-likeness (QED) is 0.760. The van der Waals surface area contributed by atoms with Gasteiger partial charge in [-0.3, -0.25) is 0 Å². The first kappa shape index (κ1) is 13.4. The van der Waals surface area contributed by atoms with Crippen LogP contribution in [0.1, 0.15) is 38.2 Å². The lowest BCUT2D eigenvalue weighted by Gasteiger charge is -2.19. The molecule has 1 aromatic rings. The van der Waals surface area contributed by atoms with E-state index >= 15 is 0 Å². The van der Waals surface area contributed by atoms with Gasteiger partial charge in [-0.1, -0.05) is 38.0 Å². The van der Waals surface area contributed by atoms with E-state index in [9.17, 15) is 0 Å². The number of benzene rings is 1. The van der Waals surface area contributed by atoms with E-state index in [-0.39, 0.29) is 0 Å². The Morgan fingerprint density at radius 3 is 2.78 bits per heavy atom. The van der Waals surface area contributed by atoms with Crippen LogP contribution in [0.3, 0.4) is 0 Å². The minimum atomic E-state index is 0.605. The number of rotatable bonds is 8. The number of para-hydroxylation sites is 1. The van der Waals surface area contributed by atoms with Gasteiger partial charge in [0.15, 0.2) is 0 Å². The third-order valence-electron chi connectivity index (χ3n) is 3.66. The Morgan fingerprint density at radius 2 is 2.11 bits per heavy atom. The van der Waals surface area contributed by atoms with Crippen LogP contribution in [-0.2, 0) is 6.42 Å². The standard InChI is InChI=1S/C16H25NO/c1-3-10-17-15(11-13-8-9-13)12-14-6-4-5-7-16(14)18-2/h4-7,13,15,17H,3,8-12H2,1-2H3. The molecule has 0 radical (unpaired) electrons. The summed E-state index contributed by atoms with van der Waals surface area (Å²) >= 11 is 0. The second-order valence-corrected chi connectivity index (χ2v) is 5.35. The normalized spacial score (nSPS) is 16.6. The van der Waals surface area contributed by atoms with Crippen molar-refractivity contribution in [2.24, 2.45) is 5.92 Å². The fraction of sp³-hybridized carbons (Fsp3) is 0.625. The number of hydrogen-bond acceptors (Lipinski definition) is 2. The number of hydrogen-bond donors (Lipinski definition) is 1. The molecule has 2 nitrogen and oxygen atoms in total. The van der Waals surface area contributed by atoms with Crippen LogP contribution >= 0.6 is 0 Å². The Bertz CT molecular complexity index is 360. The molecule has 0 aromatic heterocycles. The van der Waals surface area contributed by atoms with Gasteiger partial charge in [0.1, 0.15) is 5.75 Å². The molecule has 1 aliphatic rings. The fourth-order valence-electron chi connectivity index (χ4n) is 2.48. The lowest BCUT2D eigenvalue weighted by Crippen LogP contribution is -2.32. The maximum Gasteiger partial charge on any atom is 0.122 e. The largest absolute Gasteiger partial charge is 0.496 e. The Kier molecular flexibility index (Phi) is 5.06. The summed E-state index contributed by atoms with van der Waals surface area (Å²) in [5.74, 6) is 1.99. The van der Waals surface area contributed by atoms with Gasteiger partial charge in [-0.2, -0.15) is 0 Å². The lowest BCUT2D eigenvalue weighted by molar-refractivity contribution is 0.399. The van der Waals surface area contributed by atoms with Gasteiger partial charge in [0.2, 0.25) is 0 Å². The van der Waals surface area contributed by atoms with Crippen molar-refractivity contribution in [3.8, 4) is 5.75 Å². The minimum absolute atomic E-state index is 0.605. The first-order valence-corrected chi connectivity index (χ1v) is 7.18. The smallest absolute Gasteiger partial charge is 0.122 e. The van der Waals surface area contributed by atoms with Crippen molar-refractivity contribution in [2.75, 3.05) is 13.7 Å². The van der Waals surface area contributed by atoms with Crippen LogP contribution < -0.4 is 10.1 Å². The van der Waals surface area contributed by atoms with Crippen molar-refractivity contribution >= 4 is 0 Å². The second-order valence-electron chi connectivity index (χ2n) is 5.35. The van der Waals surface area contributed by atoms with Crippen LogP contribution in [0.4, 0.5) is 0 Å². The predicted octanol–water partition coefficient (Wildman–Crippen LogP) is 3.41. The van der Waals surface area contributed by atoms with Crippen LogP contribution in [0, 0.1) is 5.92 Å². The highest BCUT2D eigenvalue weighted by molar-refractivity contribution is 5.33. The van der Waals surface area contributed by atoms with Crippen LogP contribution in [0.25, 0.3) is 0 Å². The molecular formula is C16H25NO. The van der Waals surface area contributed by atoms with E-state index in [1.165, 1.54) is 31.2 Å². The molecule has 1 saturated carbocycles. The van der Waals surface area contributed by atoms with Gasteiger partial charge >= 0.3 is 0 Å². The molecule has 2 heteroatoms. The molecule has 0 heterocycles. The zero-order valence-corrected chi connectivity index (χ0v) is 11.6. The summed E-state index contributed by atoms with van der Waals surface area (Å²) in [7, 11) is 1.76. The predicted molar refractivity (Wildman–Crippen MR) is 76.1 cm³/mol. The van der Waals surface area contributed by atoms with E-state index in [4.69, 9.17) is 4.74 Å². The average Bonchev–Trinajstić information content (AvgIpc) is 3.20. The van der Waals surface area contributed by atoms with Gasteiger partial charge in [0, 0.05) is 6.04 Å². The summed E-state index contributed by atoms with van der Waals surface area (Å²) in [5, 5.41) is 3.68. The summed E-state index contributed by atoms with van der Waals surface area (Å²) < 4.78 is 5.44. The van der Waals surface area contributed by atoms with Crippen LogP contribution in [0.15, 0.2) is 24.3 Å². The average molecular weight is 247 g/mol. The molecule has 18 heavy (non-hydrogen) atoms. The topological polar surface area (TPSA) is 21.3 Å². The van der Waals surface area contributed by atoms with E-state index in [1.807, 2.05) is 6.07 Å². The van der Waals surface area contributed by atoms with E-state index in [2.05, 4.69) is 30.4 Å². The molecule has 1 atom stereocenters. The lowest BCUT2D eigenvalue weighted by atomic mass is 10.00. The maximum absolute atomic E-state index is 5.44. The zero-order valence-electron chi connectivity index (χ0n) is 11.6. The maximum atomic E-state index is 5.44. The summed E-state index contributed by atoms with van der Waals surface area (Å²) in [6.07, 6.45) is 6.46. The van der Waals surface area contributed by atoms with Gasteiger partial charge in [-0.05, 0) is 43.4 Å².